The minimum Gasteiger partial charge on any atom is -0.309 e. The average Bonchev–Trinajstić information content (AvgIpc) is 3.45. The third-order valence-electron chi connectivity index (χ3n) is 6.00. The number of benzene rings is 1. The summed E-state index contributed by atoms with van der Waals surface area (Å²) in [6.45, 7) is 9.51. The number of aromatic amines is 1. The van der Waals surface area contributed by atoms with Gasteiger partial charge in [-0.25, -0.2) is 4.98 Å². The molecule has 32 heavy (non-hydrogen) atoms. The van der Waals surface area contributed by atoms with E-state index in [0.29, 0.717) is 11.6 Å². The molecular formula is C24H27N5OS2. The molecule has 0 atom stereocenters. The standard InChI is InChI=1S/C24H27N5OS2/c1-5-29-20(14-9-11-15(12-10-14)24(2,3)4)27-28-23(29)31-13-18-25-21(30)19-16-7-6-8-17(16)32-22(19)26-18/h9-12H,5-8,13H2,1-4H3,(H,25,26,30). The normalized spacial score (nSPS) is 13.8. The summed E-state index contributed by atoms with van der Waals surface area (Å²) in [4.78, 5) is 22.7. The number of aryl methyl sites for hydroxylation is 2. The fraction of sp³-hybridized carbons (Fsp3) is 0.417. The average molecular weight is 466 g/mol. The van der Waals surface area contributed by atoms with Crippen LogP contribution in [0.2, 0.25) is 0 Å². The van der Waals surface area contributed by atoms with Crippen molar-refractivity contribution in [2.24, 2.45) is 0 Å². The summed E-state index contributed by atoms with van der Waals surface area (Å²) in [7, 11) is 0. The largest absolute Gasteiger partial charge is 0.309 e. The predicted molar refractivity (Wildman–Crippen MR) is 132 cm³/mol. The molecule has 0 bridgehead atoms. The van der Waals surface area contributed by atoms with E-state index in [1.165, 1.54) is 16.0 Å². The van der Waals surface area contributed by atoms with E-state index in [-0.39, 0.29) is 11.0 Å². The summed E-state index contributed by atoms with van der Waals surface area (Å²) in [5.74, 6) is 2.10. The van der Waals surface area contributed by atoms with Crippen molar-refractivity contribution in [3.63, 3.8) is 0 Å². The van der Waals surface area contributed by atoms with E-state index in [4.69, 9.17) is 4.98 Å². The molecular weight excluding hydrogens is 438 g/mol. The Labute approximate surface area is 195 Å². The molecule has 0 unspecified atom stereocenters. The first-order valence-corrected chi connectivity index (χ1v) is 12.9. The lowest BCUT2D eigenvalue weighted by molar-refractivity contribution is 0.590. The van der Waals surface area contributed by atoms with Crippen molar-refractivity contribution < 1.29 is 0 Å². The Bertz CT molecular complexity index is 1340. The maximum Gasteiger partial charge on any atom is 0.259 e. The van der Waals surface area contributed by atoms with Gasteiger partial charge in [-0.05, 0) is 42.7 Å². The minimum absolute atomic E-state index is 0.0124. The van der Waals surface area contributed by atoms with Gasteiger partial charge in [0.1, 0.15) is 10.7 Å². The van der Waals surface area contributed by atoms with E-state index in [2.05, 4.69) is 71.7 Å². The maximum atomic E-state index is 12.7. The van der Waals surface area contributed by atoms with E-state index < -0.39 is 0 Å². The molecule has 8 heteroatoms. The van der Waals surface area contributed by atoms with Crippen LogP contribution in [-0.2, 0) is 30.6 Å². The quantitative estimate of drug-likeness (QED) is 0.403. The molecule has 3 aromatic heterocycles. The van der Waals surface area contributed by atoms with Crippen molar-refractivity contribution in [1.82, 2.24) is 24.7 Å². The fourth-order valence-corrected chi connectivity index (χ4v) is 6.41. The Morgan fingerprint density at radius 2 is 1.94 bits per heavy atom. The summed E-state index contributed by atoms with van der Waals surface area (Å²) in [6.07, 6.45) is 3.20. The van der Waals surface area contributed by atoms with Crippen LogP contribution >= 0.6 is 23.1 Å². The number of nitrogens with zero attached hydrogens (tertiary/aromatic N) is 4. The van der Waals surface area contributed by atoms with Crippen molar-refractivity contribution in [3.05, 3.63) is 56.4 Å². The van der Waals surface area contributed by atoms with Crippen LogP contribution < -0.4 is 5.56 Å². The molecule has 0 fully saturated rings. The zero-order chi connectivity index (χ0) is 22.5. The smallest absolute Gasteiger partial charge is 0.259 e. The first-order valence-electron chi connectivity index (χ1n) is 11.1. The van der Waals surface area contributed by atoms with E-state index in [1.807, 2.05) is 0 Å². The first kappa shape index (κ1) is 21.4. The summed E-state index contributed by atoms with van der Waals surface area (Å²) in [6, 6.07) is 8.57. The van der Waals surface area contributed by atoms with Crippen LogP contribution in [-0.4, -0.2) is 24.7 Å². The van der Waals surface area contributed by atoms with E-state index >= 15 is 0 Å². The number of thioether (sulfide) groups is 1. The van der Waals surface area contributed by atoms with E-state index in [1.54, 1.807) is 23.1 Å². The second-order valence-corrected chi connectivity index (χ2v) is 11.2. The van der Waals surface area contributed by atoms with Gasteiger partial charge >= 0.3 is 0 Å². The molecule has 0 saturated carbocycles. The monoisotopic (exact) mass is 465 g/mol. The van der Waals surface area contributed by atoms with Gasteiger partial charge < -0.3 is 9.55 Å². The lowest BCUT2D eigenvalue weighted by Crippen LogP contribution is -2.11. The summed E-state index contributed by atoms with van der Waals surface area (Å²) in [5, 5.41) is 10.5. The Morgan fingerprint density at radius 1 is 1.16 bits per heavy atom. The zero-order valence-corrected chi connectivity index (χ0v) is 20.5. The highest BCUT2D eigenvalue weighted by molar-refractivity contribution is 7.98. The molecule has 0 aliphatic heterocycles. The lowest BCUT2D eigenvalue weighted by Gasteiger charge is -2.19. The van der Waals surface area contributed by atoms with E-state index in [0.717, 1.165) is 52.6 Å². The number of rotatable bonds is 5. The Balaban J connectivity index is 1.39. The van der Waals surface area contributed by atoms with Crippen LogP contribution in [0.3, 0.4) is 0 Å². The van der Waals surface area contributed by atoms with Crippen LogP contribution in [0.5, 0.6) is 0 Å². The SMILES string of the molecule is CCn1c(SCc2nc3sc4c(c3c(=O)[nH]2)CCC4)nnc1-c1ccc(C(C)(C)C)cc1. The summed E-state index contributed by atoms with van der Waals surface area (Å²) < 4.78 is 2.12. The molecule has 1 aliphatic rings. The molecule has 166 valence electrons. The predicted octanol–water partition coefficient (Wildman–Crippen LogP) is 5.34. The van der Waals surface area contributed by atoms with Gasteiger partial charge in [-0.2, -0.15) is 0 Å². The lowest BCUT2D eigenvalue weighted by atomic mass is 9.87. The van der Waals surface area contributed by atoms with Crippen LogP contribution in [0.1, 0.15) is 55.9 Å². The molecule has 0 amide bonds. The minimum atomic E-state index is -0.0124. The van der Waals surface area contributed by atoms with Gasteiger partial charge in [0, 0.05) is 17.0 Å². The maximum absolute atomic E-state index is 12.7. The van der Waals surface area contributed by atoms with Gasteiger partial charge in [0.15, 0.2) is 11.0 Å². The second-order valence-electron chi connectivity index (χ2n) is 9.22. The number of aromatic nitrogens is 5. The molecule has 1 N–H and O–H groups in total. The van der Waals surface area contributed by atoms with Gasteiger partial charge in [-0.3, -0.25) is 4.79 Å². The van der Waals surface area contributed by atoms with Crippen molar-refractivity contribution >= 4 is 33.3 Å². The molecule has 3 heterocycles. The fourth-order valence-electron chi connectivity index (χ4n) is 4.26. The Kier molecular flexibility index (Phi) is 5.45. The zero-order valence-electron chi connectivity index (χ0n) is 18.9. The number of hydrogen-bond donors (Lipinski definition) is 1. The van der Waals surface area contributed by atoms with Gasteiger partial charge in [-0.15, -0.1) is 21.5 Å². The van der Waals surface area contributed by atoms with E-state index in [9.17, 15) is 4.79 Å². The Hall–Kier alpha value is -2.45. The number of thiophene rings is 1. The van der Waals surface area contributed by atoms with Crippen LogP contribution in [0.25, 0.3) is 21.6 Å². The molecule has 1 aromatic carbocycles. The van der Waals surface area contributed by atoms with Crippen molar-refractivity contribution in [1.29, 1.82) is 0 Å². The molecule has 6 nitrogen and oxygen atoms in total. The number of hydrogen-bond acceptors (Lipinski definition) is 6. The van der Waals surface area contributed by atoms with Crippen LogP contribution in [0.4, 0.5) is 0 Å². The van der Waals surface area contributed by atoms with Crippen LogP contribution in [0.15, 0.2) is 34.2 Å². The van der Waals surface area contributed by atoms with Crippen LogP contribution in [0, 0.1) is 0 Å². The van der Waals surface area contributed by atoms with Crippen molar-refractivity contribution in [2.75, 3.05) is 0 Å². The highest BCUT2D eigenvalue weighted by Crippen LogP contribution is 2.35. The number of fused-ring (bicyclic) bond motifs is 3. The molecule has 0 radical (unpaired) electrons. The third-order valence-corrected chi connectivity index (χ3v) is 8.17. The second kappa shape index (κ2) is 8.15. The molecule has 5 rings (SSSR count). The Morgan fingerprint density at radius 3 is 2.66 bits per heavy atom. The molecule has 0 saturated heterocycles. The highest BCUT2D eigenvalue weighted by Gasteiger charge is 2.21. The number of H-pyrrole nitrogens is 1. The molecule has 4 aromatic rings. The third kappa shape index (κ3) is 3.79. The van der Waals surface area contributed by atoms with Crippen molar-refractivity contribution in [3.8, 4) is 11.4 Å². The summed E-state index contributed by atoms with van der Waals surface area (Å²) >= 11 is 3.23. The van der Waals surface area contributed by atoms with Crippen molar-refractivity contribution in [2.45, 2.75) is 69.8 Å². The molecule has 1 aliphatic carbocycles. The first-order chi connectivity index (χ1) is 15.3. The summed E-state index contributed by atoms with van der Waals surface area (Å²) in [5.41, 5.74) is 3.67. The van der Waals surface area contributed by atoms with Gasteiger partial charge in [0.25, 0.3) is 5.56 Å². The molecule has 0 spiro atoms. The van der Waals surface area contributed by atoms with Gasteiger partial charge in [0.2, 0.25) is 0 Å². The number of nitrogens with one attached hydrogen (secondary N) is 1. The van der Waals surface area contributed by atoms with Gasteiger partial charge in [0.05, 0.1) is 11.1 Å². The highest BCUT2D eigenvalue weighted by atomic mass is 32.2. The topological polar surface area (TPSA) is 76.5 Å². The van der Waals surface area contributed by atoms with Gasteiger partial charge in [-0.1, -0.05) is 56.8 Å².